The normalized spacial score (nSPS) is 16.1. The van der Waals surface area contributed by atoms with Crippen molar-refractivity contribution >= 4 is 0 Å². The van der Waals surface area contributed by atoms with Gasteiger partial charge in [0.2, 0.25) is 0 Å². The molecule has 1 aromatic rings. The second-order valence-corrected chi connectivity index (χ2v) is 4.47. The van der Waals surface area contributed by atoms with Crippen LogP contribution < -0.4 is 5.32 Å². The minimum absolute atomic E-state index is 0.252. The fourth-order valence-corrected chi connectivity index (χ4v) is 1.73. The SMILES string of the molecule is CCCNCc1oc(COC2COC2)cc1C. The van der Waals surface area contributed by atoms with E-state index >= 15 is 0 Å². The maximum atomic E-state index is 5.75. The summed E-state index contributed by atoms with van der Waals surface area (Å²) >= 11 is 0. The van der Waals surface area contributed by atoms with Crippen LogP contribution in [-0.4, -0.2) is 25.9 Å². The number of hydrogen-bond donors (Lipinski definition) is 1. The van der Waals surface area contributed by atoms with E-state index in [4.69, 9.17) is 13.9 Å². The molecular formula is C13H21NO3. The van der Waals surface area contributed by atoms with Crippen LogP contribution in [0.4, 0.5) is 0 Å². The van der Waals surface area contributed by atoms with E-state index in [1.54, 1.807) is 0 Å². The molecule has 4 heteroatoms. The number of ether oxygens (including phenoxy) is 2. The van der Waals surface area contributed by atoms with Gasteiger partial charge in [-0.3, -0.25) is 0 Å². The highest BCUT2D eigenvalue weighted by molar-refractivity contribution is 5.19. The zero-order chi connectivity index (χ0) is 12.1. The van der Waals surface area contributed by atoms with Gasteiger partial charge in [0.05, 0.1) is 19.8 Å². The standard InChI is InChI=1S/C13H21NO3/c1-3-4-14-6-13-10(2)5-11(17-13)9-16-12-7-15-8-12/h5,12,14H,3-4,6-9H2,1-2H3. The zero-order valence-electron chi connectivity index (χ0n) is 10.6. The van der Waals surface area contributed by atoms with Crippen LogP contribution >= 0.6 is 0 Å². The van der Waals surface area contributed by atoms with Gasteiger partial charge >= 0.3 is 0 Å². The van der Waals surface area contributed by atoms with Gasteiger partial charge in [0.15, 0.2) is 0 Å². The molecule has 0 amide bonds. The Bertz CT molecular complexity index is 344. The summed E-state index contributed by atoms with van der Waals surface area (Å²) in [5.74, 6) is 1.92. The molecule has 0 saturated carbocycles. The van der Waals surface area contributed by atoms with Gasteiger partial charge in [-0.15, -0.1) is 0 Å². The fraction of sp³-hybridized carbons (Fsp3) is 0.692. The Morgan fingerprint density at radius 1 is 1.47 bits per heavy atom. The maximum Gasteiger partial charge on any atom is 0.130 e. The lowest BCUT2D eigenvalue weighted by atomic mass is 10.2. The highest BCUT2D eigenvalue weighted by Gasteiger charge is 2.19. The summed E-state index contributed by atoms with van der Waals surface area (Å²) in [6, 6.07) is 2.06. The van der Waals surface area contributed by atoms with Crippen LogP contribution in [0.5, 0.6) is 0 Å². The summed E-state index contributed by atoms with van der Waals surface area (Å²) in [6.07, 6.45) is 1.39. The first-order chi connectivity index (χ1) is 8.29. The quantitative estimate of drug-likeness (QED) is 0.739. The molecule has 1 N–H and O–H groups in total. The molecule has 1 fully saturated rings. The molecule has 2 rings (SSSR count). The first-order valence-corrected chi connectivity index (χ1v) is 6.28. The lowest BCUT2D eigenvalue weighted by Gasteiger charge is -2.25. The molecule has 1 aliphatic heterocycles. The largest absolute Gasteiger partial charge is 0.462 e. The van der Waals surface area contributed by atoms with E-state index in [2.05, 4.69) is 25.2 Å². The highest BCUT2D eigenvalue weighted by Crippen LogP contribution is 2.17. The van der Waals surface area contributed by atoms with Crippen LogP contribution in [0.1, 0.15) is 30.4 Å². The van der Waals surface area contributed by atoms with E-state index < -0.39 is 0 Å². The average molecular weight is 239 g/mol. The van der Waals surface area contributed by atoms with Crippen molar-refractivity contribution in [3.05, 3.63) is 23.2 Å². The number of aryl methyl sites for hydroxylation is 1. The van der Waals surface area contributed by atoms with Crippen molar-refractivity contribution in [2.75, 3.05) is 19.8 Å². The van der Waals surface area contributed by atoms with E-state index in [0.717, 1.165) is 31.0 Å². The Morgan fingerprint density at radius 2 is 2.29 bits per heavy atom. The summed E-state index contributed by atoms with van der Waals surface area (Å²) < 4.78 is 16.4. The summed E-state index contributed by atoms with van der Waals surface area (Å²) in [5.41, 5.74) is 1.19. The number of hydrogen-bond acceptors (Lipinski definition) is 4. The zero-order valence-corrected chi connectivity index (χ0v) is 10.6. The molecule has 0 atom stereocenters. The van der Waals surface area contributed by atoms with Gasteiger partial charge in [-0.1, -0.05) is 6.92 Å². The highest BCUT2D eigenvalue weighted by atomic mass is 16.6. The molecule has 0 unspecified atom stereocenters. The molecule has 0 spiro atoms. The first-order valence-electron chi connectivity index (χ1n) is 6.28. The Hall–Kier alpha value is -0.840. The second kappa shape index (κ2) is 6.19. The fourth-order valence-electron chi connectivity index (χ4n) is 1.73. The summed E-state index contributed by atoms with van der Waals surface area (Å²) in [5, 5.41) is 3.34. The maximum absolute atomic E-state index is 5.75. The van der Waals surface area contributed by atoms with Crippen molar-refractivity contribution in [3.63, 3.8) is 0 Å². The topological polar surface area (TPSA) is 43.6 Å². The molecule has 1 saturated heterocycles. The van der Waals surface area contributed by atoms with Crippen LogP contribution in [0.2, 0.25) is 0 Å². The van der Waals surface area contributed by atoms with Gasteiger partial charge in [0, 0.05) is 0 Å². The predicted molar refractivity (Wildman–Crippen MR) is 64.8 cm³/mol. The summed E-state index contributed by atoms with van der Waals surface area (Å²) in [4.78, 5) is 0. The van der Waals surface area contributed by atoms with Crippen molar-refractivity contribution < 1.29 is 13.9 Å². The van der Waals surface area contributed by atoms with Crippen LogP contribution in [0.25, 0.3) is 0 Å². The summed E-state index contributed by atoms with van der Waals surface area (Å²) in [6.45, 7) is 8.01. The van der Waals surface area contributed by atoms with Crippen LogP contribution in [0.15, 0.2) is 10.5 Å². The van der Waals surface area contributed by atoms with E-state index in [0.29, 0.717) is 19.8 Å². The van der Waals surface area contributed by atoms with Crippen molar-refractivity contribution in [1.82, 2.24) is 5.32 Å². The molecule has 0 radical (unpaired) electrons. The third-order valence-electron chi connectivity index (χ3n) is 2.85. The molecule has 0 aromatic carbocycles. The van der Waals surface area contributed by atoms with Gasteiger partial charge in [-0.05, 0) is 31.5 Å². The van der Waals surface area contributed by atoms with Gasteiger partial charge in [-0.2, -0.15) is 0 Å². The molecule has 4 nitrogen and oxygen atoms in total. The molecule has 1 aromatic heterocycles. The molecule has 2 heterocycles. The van der Waals surface area contributed by atoms with Crippen LogP contribution in [-0.2, 0) is 22.6 Å². The lowest BCUT2D eigenvalue weighted by Crippen LogP contribution is -2.35. The van der Waals surface area contributed by atoms with E-state index in [-0.39, 0.29) is 6.10 Å². The van der Waals surface area contributed by atoms with Gasteiger partial charge in [0.1, 0.15) is 24.2 Å². The number of nitrogens with one attached hydrogen (secondary N) is 1. The van der Waals surface area contributed by atoms with Gasteiger partial charge in [-0.25, -0.2) is 0 Å². The van der Waals surface area contributed by atoms with Gasteiger partial charge in [0.25, 0.3) is 0 Å². The first kappa shape index (κ1) is 12.6. The minimum atomic E-state index is 0.252. The van der Waals surface area contributed by atoms with Crippen LogP contribution in [0, 0.1) is 6.92 Å². The van der Waals surface area contributed by atoms with Crippen molar-refractivity contribution in [2.45, 2.75) is 39.5 Å². The smallest absolute Gasteiger partial charge is 0.130 e. The van der Waals surface area contributed by atoms with E-state index in [1.807, 2.05) is 0 Å². The number of rotatable bonds is 7. The van der Waals surface area contributed by atoms with E-state index in [9.17, 15) is 0 Å². The minimum Gasteiger partial charge on any atom is -0.462 e. The second-order valence-electron chi connectivity index (χ2n) is 4.47. The molecule has 96 valence electrons. The van der Waals surface area contributed by atoms with Crippen molar-refractivity contribution in [2.24, 2.45) is 0 Å². The van der Waals surface area contributed by atoms with Crippen molar-refractivity contribution in [1.29, 1.82) is 0 Å². The lowest BCUT2D eigenvalue weighted by molar-refractivity contribution is -0.137. The third kappa shape index (κ3) is 3.56. The van der Waals surface area contributed by atoms with Crippen molar-refractivity contribution in [3.8, 4) is 0 Å². The molecule has 17 heavy (non-hydrogen) atoms. The Labute approximate surface area is 102 Å². The molecular weight excluding hydrogens is 218 g/mol. The molecule has 0 bridgehead atoms. The Kier molecular flexibility index (Phi) is 4.59. The number of furan rings is 1. The summed E-state index contributed by atoms with van der Waals surface area (Å²) in [7, 11) is 0. The average Bonchev–Trinajstić information content (AvgIpc) is 2.58. The molecule has 1 aliphatic rings. The van der Waals surface area contributed by atoms with Gasteiger partial charge < -0.3 is 19.2 Å². The van der Waals surface area contributed by atoms with E-state index in [1.165, 1.54) is 5.56 Å². The van der Waals surface area contributed by atoms with Crippen LogP contribution in [0.3, 0.4) is 0 Å². The Morgan fingerprint density at radius 3 is 2.94 bits per heavy atom. The monoisotopic (exact) mass is 239 g/mol. The Balaban J connectivity index is 1.79. The predicted octanol–water partition coefficient (Wildman–Crippen LogP) is 2.00. The molecule has 0 aliphatic carbocycles. The third-order valence-corrected chi connectivity index (χ3v) is 2.85.